The average Bonchev–Trinajstić information content (AvgIpc) is 2.79. The molecule has 0 saturated carbocycles. The average molecular weight is 391 g/mol. The highest BCUT2D eigenvalue weighted by molar-refractivity contribution is 5.82. The van der Waals surface area contributed by atoms with Crippen molar-refractivity contribution in [1.29, 1.82) is 5.26 Å². The van der Waals surface area contributed by atoms with Crippen LogP contribution in [0.2, 0.25) is 0 Å². The molecule has 2 aromatic carbocycles. The summed E-state index contributed by atoms with van der Waals surface area (Å²) in [6.45, 7) is 2.00. The molecule has 0 spiro atoms. The maximum absolute atomic E-state index is 12.4. The SMILES string of the molecule is N#C[C@H](Cc1ccc(-c2ccc3c(c2)OCCO3)cc1)NC(=O)[C@@H]1CCCCN1. The molecule has 1 fully saturated rings. The van der Waals surface area contributed by atoms with E-state index in [2.05, 4.69) is 16.7 Å². The highest BCUT2D eigenvalue weighted by Crippen LogP contribution is 2.34. The van der Waals surface area contributed by atoms with Gasteiger partial charge in [0.25, 0.3) is 0 Å². The molecule has 6 nitrogen and oxygen atoms in total. The van der Waals surface area contributed by atoms with Crippen molar-refractivity contribution in [3.63, 3.8) is 0 Å². The van der Waals surface area contributed by atoms with Gasteiger partial charge in [-0.15, -0.1) is 0 Å². The van der Waals surface area contributed by atoms with Gasteiger partial charge in [0.1, 0.15) is 19.3 Å². The minimum absolute atomic E-state index is 0.0795. The number of nitrogens with one attached hydrogen (secondary N) is 2. The zero-order chi connectivity index (χ0) is 20.1. The summed E-state index contributed by atoms with van der Waals surface area (Å²) in [6.07, 6.45) is 3.45. The van der Waals surface area contributed by atoms with E-state index < -0.39 is 6.04 Å². The zero-order valence-electron chi connectivity index (χ0n) is 16.3. The Hall–Kier alpha value is -3.04. The first-order valence-electron chi connectivity index (χ1n) is 10.2. The van der Waals surface area contributed by atoms with Crippen LogP contribution >= 0.6 is 0 Å². The van der Waals surface area contributed by atoms with E-state index in [0.717, 1.165) is 54.0 Å². The molecule has 150 valence electrons. The topological polar surface area (TPSA) is 83.4 Å². The number of amides is 1. The summed E-state index contributed by atoms with van der Waals surface area (Å²) in [6, 6.07) is 15.5. The lowest BCUT2D eigenvalue weighted by molar-refractivity contribution is -0.124. The number of nitrogens with zero attached hydrogens (tertiary/aromatic N) is 1. The number of hydrogen-bond acceptors (Lipinski definition) is 5. The van der Waals surface area contributed by atoms with Crippen LogP contribution in [0.25, 0.3) is 11.1 Å². The van der Waals surface area contributed by atoms with Crippen molar-refractivity contribution in [2.45, 2.75) is 37.8 Å². The van der Waals surface area contributed by atoms with Crippen molar-refractivity contribution in [2.24, 2.45) is 0 Å². The Bertz CT molecular complexity index is 899. The Morgan fingerprint density at radius 3 is 2.59 bits per heavy atom. The molecule has 0 radical (unpaired) electrons. The standard InChI is InChI=1S/C23H25N3O3/c24-15-19(26-23(27)20-3-1-2-10-25-20)13-16-4-6-17(7-5-16)18-8-9-21-22(14-18)29-12-11-28-21/h4-9,14,19-20,25H,1-3,10-13H2,(H,26,27)/t19-,20-/m0/s1. The number of carbonyl (C=O) groups excluding carboxylic acids is 1. The minimum Gasteiger partial charge on any atom is -0.486 e. The Morgan fingerprint density at radius 2 is 1.86 bits per heavy atom. The summed E-state index contributed by atoms with van der Waals surface area (Å²) in [7, 11) is 0. The number of piperidine rings is 1. The third-order valence-corrected chi connectivity index (χ3v) is 5.37. The van der Waals surface area contributed by atoms with Gasteiger partial charge in [-0.2, -0.15) is 5.26 Å². The first-order chi connectivity index (χ1) is 14.2. The van der Waals surface area contributed by atoms with Crippen molar-refractivity contribution >= 4 is 5.91 Å². The van der Waals surface area contributed by atoms with E-state index in [-0.39, 0.29) is 11.9 Å². The van der Waals surface area contributed by atoms with E-state index in [9.17, 15) is 10.1 Å². The van der Waals surface area contributed by atoms with Gasteiger partial charge in [0, 0.05) is 6.42 Å². The van der Waals surface area contributed by atoms with Crippen LogP contribution in [0.1, 0.15) is 24.8 Å². The lowest BCUT2D eigenvalue weighted by atomic mass is 10.00. The summed E-state index contributed by atoms with van der Waals surface area (Å²) in [4.78, 5) is 12.4. The molecular weight excluding hydrogens is 366 g/mol. The largest absolute Gasteiger partial charge is 0.486 e. The van der Waals surface area contributed by atoms with Crippen molar-refractivity contribution in [3.05, 3.63) is 48.0 Å². The van der Waals surface area contributed by atoms with E-state index in [1.807, 2.05) is 42.5 Å². The molecular formula is C23H25N3O3. The van der Waals surface area contributed by atoms with Gasteiger partial charge in [-0.3, -0.25) is 4.79 Å². The Balaban J connectivity index is 1.39. The smallest absolute Gasteiger partial charge is 0.238 e. The summed E-state index contributed by atoms with van der Waals surface area (Å²) >= 11 is 0. The fraction of sp³-hybridized carbons (Fsp3) is 0.391. The van der Waals surface area contributed by atoms with Gasteiger partial charge in [-0.05, 0) is 48.2 Å². The zero-order valence-corrected chi connectivity index (χ0v) is 16.3. The summed E-state index contributed by atoms with van der Waals surface area (Å²) in [5.41, 5.74) is 3.12. The maximum Gasteiger partial charge on any atom is 0.238 e. The second kappa shape index (κ2) is 8.97. The number of carbonyl (C=O) groups is 1. The highest BCUT2D eigenvalue weighted by Gasteiger charge is 2.23. The Morgan fingerprint density at radius 1 is 1.10 bits per heavy atom. The van der Waals surface area contributed by atoms with Crippen LogP contribution in [0.15, 0.2) is 42.5 Å². The third-order valence-electron chi connectivity index (χ3n) is 5.37. The van der Waals surface area contributed by atoms with Crippen LogP contribution in [-0.2, 0) is 11.2 Å². The fourth-order valence-electron chi connectivity index (χ4n) is 3.77. The second-order valence-corrected chi connectivity index (χ2v) is 7.45. The Kier molecular flexibility index (Phi) is 5.97. The maximum atomic E-state index is 12.4. The molecule has 2 aliphatic rings. The molecule has 0 unspecified atom stereocenters. The number of ether oxygens (including phenoxy) is 2. The molecule has 2 heterocycles. The molecule has 2 aromatic rings. The number of benzene rings is 2. The van der Waals surface area contributed by atoms with Crippen LogP contribution in [-0.4, -0.2) is 37.7 Å². The number of nitriles is 1. The minimum atomic E-state index is -0.536. The summed E-state index contributed by atoms with van der Waals surface area (Å²) in [5, 5.41) is 15.6. The van der Waals surface area contributed by atoms with Crippen molar-refractivity contribution < 1.29 is 14.3 Å². The first kappa shape index (κ1) is 19.3. The molecule has 2 atom stereocenters. The molecule has 0 bridgehead atoms. The lowest BCUT2D eigenvalue weighted by Crippen LogP contribution is -2.49. The van der Waals surface area contributed by atoms with Crippen LogP contribution in [0.4, 0.5) is 0 Å². The van der Waals surface area contributed by atoms with E-state index in [1.165, 1.54) is 0 Å². The molecule has 0 aromatic heterocycles. The van der Waals surface area contributed by atoms with Crippen LogP contribution in [0.3, 0.4) is 0 Å². The molecule has 0 aliphatic carbocycles. The highest BCUT2D eigenvalue weighted by atomic mass is 16.6. The summed E-state index contributed by atoms with van der Waals surface area (Å²) in [5.74, 6) is 1.46. The van der Waals surface area contributed by atoms with Gasteiger partial charge in [0.05, 0.1) is 12.1 Å². The van der Waals surface area contributed by atoms with Gasteiger partial charge < -0.3 is 20.1 Å². The molecule has 29 heavy (non-hydrogen) atoms. The van der Waals surface area contributed by atoms with Crippen molar-refractivity contribution in [3.8, 4) is 28.7 Å². The van der Waals surface area contributed by atoms with Crippen molar-refractivity contribution in [2.75, 3.05) is 19.8 Å². The fourth-order valence-corrected chi connectivity index (χ4v) is 3.77. The molecule has 1 amide bonds. The number of fused-ring (bicyclic) bond motifs is 1. The molecule has 1 saturated heterocycles. The third kappa shape index (κ3) is 4.69. The van der Waals surface area contributed by atoms with Gasteiger partial charge in [-0.25, -0.2) is 0 Å². The van der Waals surface area contributed by atoms with Crippen LogP contribution in [0, 0.1) is 11.3 Å². The van der Waals surface area contributed by atoms with Gasteiger partial charge in [0.2, 0.25) is 5.91 Å². The van der Waals surface area contributed by atoms with Gasteiger partial charge >= 0.3 is 0 Å². The second-order valence-electron chi connectivity index (χ2n) is 7.45. The van der Waals surface area contributed by atoms with E-state index in [4.69, 9.17) is 9.47 Å². The predicted octanol–water partition coefficient (Wildman–Crippen LogP) is 2.82. The summed E-state index contributed by atoms with van der Waals surface area (Å²) < 4.78 is 11.2. The van der Waals surface area contributed by atoms with Crippen molar-refractivity contribution in [1.82, 2.24) is 10.6 Å². The Labute approximate surface area is 170 Å². The van der Waals surface area contributed by atoms with Gasteiger partial charge in [-0.1, -0.05) is 36.8 Å². The quantitative estimate of drug-likeness (QED) is 0.819. The van der Waals surface area contributed by atoms with Gasteiger partial charge in [0.15, 0.2) is 11.5 Å². The number of hydrogen-bond donors (Lipinski definition) is 2. The molecule has 2 aliphatic heterocycles. The molecule has 6 heteroatoms. The monoisotopic (exact) mass is 391 g/mol. The van der Waals surface area contributed by atoms with E-state index in [1.54, 1.807) is 0 Å². The lowest BCUT2D eigenvalue weighted by Gasteiger charge is -2.23. The van der Waals surface area contributed by atoms with Crippen LogP contribution < -0.4 is 20.1 Å². The van der Waals surface area contributed by atoms with E-state index >= 15 is 0 Å². The number of rotatable bonds is 5. The van der Waals surface area contributed by atoms with E-state index in [0.29, 0.717) is 19.6 Å². The molecule has 2 N–H and O–H groups in total. The normalized spacial score (nSPS) is 19.1. The van der Waals surface area contributed by atoms with Crippen LogP contribution in [0.5, 0.6) is 11.5 Å². The predicted molar refractivity (Wildman–Crippen MR) is 110 cm³/mol. The molecule has 4 rings (SSSR count). The first-order valence-corrected chi connectivity index (χ1v) is 10.2.